The molecule has 0 radical (unpaired) electrons. The molecule has 0 atom stereocenters. The van der Waals surface area contributed by atoms with Crippen molar-refractivity contribution in [2.24, 2.45) is 0 Å². The number of aromatic nitrogens is 1. The van der Waals surface area contributed by atoms with E-state index in [9.17, 15) is 4.79 Å². The fraction of sp³-hybridized carbons (Fsp3) is 0.304. The molecular formula is C23H23ClN2O4. The fourth-order valence-electron chi connectivity index (χ4n) is 3.54. The van der Waals surface area contributed by atoms with Crippen LogP contribution in [-0.4, -0.2) is 42.8 Å². The van der Waals surface area contributed by atoms with Gasteiger partial charge in [0.25, 0.3) is 0 Å². The molecule has 4 rings (SSSR count). The van der Waals surface area contributed by atoms with Crippen LogP contribution in [0.4, 0.5) is 0 Å². The maximum Gasteiger partial charge on any atom is 0.231 e. The standard InChI is InChI=1S/C23H23ClN2O4/c1-3-22(27)26(7-8-28-2)13-17-9-16-11-20-21(30-14-29-20)12-19(16)25-23(17)15-5-4-6-18(24)10-15/h4-6,9-12H,3,7-8,13-14H2,1-2H3. The first kappa shape index (κ1) is 20.4. The molecule has 0 aliphatic carbocycles. The number of hydrogen-bond acceptors (Lipinski definition) is 5. The lowest BCUT2D eigenvalue weighted by atomic mass is 10.0. The van der Waals surface area contributed by atoms with E-state index in [-0.39, 0.29) is 12.7 Å². The van der Waals surface area contributed by atoms with E-state index < -0.39 is 0 Å². The lowest BCUT2D eigenvalue weighted by Crippen LogP contribution is -2.33. The molecule has 1 aromatic heterocycles. The van der Waals surface area contributed by atoms with Crippen molar-refractivity contribution in [1.82, 2.24) is 9.88 Å². The van der Waals surface area contributed by atoms with Gasteiger partial charge >= 0.3 is 0 Å². The Bertz CT molecular complexity index is 1090. The van der Waals surface area contributed by atoms with Crippen molar-refractivity contribution in [3.8, 4) is 22.8 Å². The summed E-state index contributed by atoms with van der Waals surface area (Å²) in [5.74, 6) is 1.45. The van der Waals surface area contributed by atoms with E-state index in [2.05, 4.69) is 6.07 Å². The van der Waals surface area contributed by atoms with Gasteiger partial charge in [-0.15, -0.1) is 0 Å². The minimum atomic E-state index is 0.0647. The number of hydrogen-bond donors (Lipinski definition) is 0. The Morgan fingerprint density at radius 3 is 2.73 bits per heavy atom. The topological polar surface area (TPSA) is 60.9 Å². The van der Waals surface area contributed by atoms with Gasteiger partial charge in [-0.25, -0.2) is 4.98 Å². The second-order valence-corrected chi connectivity index (χ2v) is 7.50. The van der Waals surface area contributed by atoms with Crippen LogP contribution in [0.25, 0.3) is 22.2 Å². The number of carbonyl (C=O) groups is 1. The molecule has 1 amide bonds. The Balaban J connectivity index is 1.83. The number of nitrogens with zero attached hydrogens (tertiary/aromatic N) is 2. The van der Waals surface area contributed by atoms with Crippen LogP contribution in [0, 0.1) is 0 Å². The van der Waals surface area contributed by atoms with Crippen LogP contribution in [-0.2, 0) is 16.1 Å². The molecule has 156 valence electrons. The van der Waals surface area contributed by atoms with E-state index in [4.69, 9.17) is 30.8 Å². The number of methoxy groups -OCH3 is 1. The molecule has 2 heterocycles. The first-order valence-corrected chi connectivity index (χ1v) is 10.2. The molecule has 0 N–H and O–H groups in total. The van der Waals surface area contributed by atoms with E-state index >= 15 is 0 Å². The highest BCUT2D eigenvalue weighted by Crippen LogP contribution is 2.37. The van der Waals surface area contributed by atoms with Crippen LogP contribution < -0.4 is 9.47 Å². The Labute approximate surface area is 180 Å². The van der Waals surface area contributed by atoms with Gasteiger partial charge < -0.3 is 19.1 Å². The summed E-state index contributed by atoms with van der Waals surface area (Å²) >= 11 is 6.24. The smallest absolute Gasteiger partial charge is 0.231 e. The average molecular weight is 427 g/mol. The normalized spacial score (nSPS) is 12.4. The zero-order valence-corrected chi connectivity index (χ0v) is 17.7. The first-order chi connectivity index (χ1) is 14.6. The summed E-state index contributed by atoms with van der Waals surface area (Å²) in [6.45, 7) is 3.47. The number of halogens is 1. The molecule has 6 nitrogen and oxygen atoms in total. The van der Waals surface area contributed by atoms with Gasteiger partial charge in [-0.05, 0) is 29.8 Å². The van der Waals surface area contributed by atoms with E-state index in [1.807, 2.05) is 43.3 Å². The number of pyridine rings is 1. The quantitative estimate of drug-likeness (QED) is 0.549. The monoisotopic (exact) mass is 426 g/mol. The van der Waals surface area contributed by atoms with Crippen LogP contribution in [0.1, 0.15) is 18.9 Å². The number of rotatable bonds is 7. The van der Waals surface area contributed by atoms with Crippen molar-refractivity contribution >= 4 is 28.4 Å². The summed E-state index contributed by atoms with van der Waals surface area (Å²) in [5, 5.41) is 1.56. The van der Waals surface area contributed by atoms with Gasteiger partial charge in [0.15, 0.2) is 11.5 Å². The fourth-order valence-corrected chi connectivity index (χ4v) is 3.73. The third kappa shape index (κ3) is 4.20. The van der Waals surface area contributed by atoms with Gasteiger partial charge in [0.2, 0.25) is 12.7 Å². The van der Waals surface area contributed by atoms with Gasteiger partial charge in [0, 0.05) is 48.7 Å². The van der Waals surface area contributed by atoms with E-state index in [0.29, 0.717) is 42.6 Å². The zero-order chi connectivity index (χ0) is 21.1. The first-order valence-electron chi connectivity index (χ1n) is 9.85. The maximum atomic E-state index is 12.5. The summed E-state index contributed by atoms with van der Waals surface area (Å²) in [5.41, 5.74) is 3.41. The third-order valence-corrected chi connectivity index (χ3v) is 5.30. The highest BCUT2D eigenvalue weighted by atomic mass is 35.5. The Morgan fingerprint density at radius 2 is 2.00 bits per heavy atom. The minimum absolute atomic E-state index is 0.0647. The molecule has 0 bridgehead atoms. The van der Waals surface area contributed by atoms with Gasteiger partial charge in [0.1, 0.15) is 0 Å². The number of fused-ring (bicyclic) bond motifs is 2. The second-order valence-electron chi connectivity index (χ2n) is 7.07. The van der Waals surface area contributed by atoms with Crippen LogP contribution in [0.15, 0.2) is 42.5 Å². The SMILES string of the molecule is CCC(=O)N(CCOC)Cc1cc2cc3c(cc2nc1-c1cccc(Cl)c1)OCO3. The zero-order valence-electron chi connectivity index (χ0n) is 17.0. The lowest BCUT2D eigenvalue weighted by molar-refractivity contribution is -0.132. The molecule has 1 aliphatic heterocycles. The summed E-state index contributed by atoms with van der Waals surface area (Å²) in [7, 11) is 1.63. The van der Waals surface area contributed by atoms with E-state index in [1.54, 1.807) is 12.0 Å². The van der Waals surface area contributed by atoms with Gasteiger partial charge in [-0.2, -0.15) is 0 Å². The molecule has 0 unspecified atom stereocenters. The van der Waals surface area contributed by atoms with Crippen molar-refractivity contribution < 1.29 is 19.0 Å². The summed E-state index contributed by atoms with van der Waals surface area (Å²) in [6, 6.07) is 13.4. The third-order valence-electron chi connectivity index (χ3n) is 5.07. The highest BCUT2D eigenvalue weighted by molar-refractivity contribution is 6.30. The van der Waals surface area contributed by atoms with Crippen LogP contribution >= 0.6 is 11.6 Å². The molecule has 0 spiro atoms. The number of amides is 1. The lowest BCUT2D eigenvalue weighted by Gasteiger charge is -2.23. The summed E-state index contributed by atoms with van der Waals surface area (Å²) in [6.07, 6.45) is 0.426. The van der Waals surface area contributed by atoms with Crippen LogP contribution in [0.3, 0.4) is 0 Å². The van der Waals surface area contributed by atoms with Gasteiger partial charge in [-0.1, -0.05) is 30.7 Å². The molecule has 1 aliphatic rings. The molecule has 0 saturated carbocycles. The number of carbonyl (C=O) groups excluding carboxylic acids is 1. The second kappa shape index (κ2) is 8.90. The summed E-state index contributed by atoms with van der Waals surface area (Å²) in [4.78, 5) is 19.3. The van der Waals surface area contributed by atoms with E-state index in [0.717, 1.165) is 27.7 Å². The Morgan fingerprint density at radius 1 is 1.20 bits per heavy atom. The van der Waals surface area contributed by atoms with Crippen molar-refractivity contribution in [2.45, 2.75) is 19.9 Å². The van der Waals surface area contributed by atoms with Crippen molar-refractivity contribution in [2.75, 3.05) is 27.1 Å². The number of ether oxygens (including phenoxy) is 3. The Kier molecular flexibility index (Phi) is 6.06. The maximum absolute atomic E-state index is 12.5. The summed E-state index contributed by atoms with van der Waals surface area (Å²) < 4.78 is 16.2. The van der Waals surface area contributed by atoms with Gasteiger partial charge in [0.05, 0.1) is 17.8 Å². The average Bonchev–Trinajstić information content (AvgIpc) is 3.21. The minimum Gasteiger partial charge on any atom is -0.454 e. The predicted octanol–water partition coefficient (Wildman–Crippen LogP) is 4.67. The van der Waals surface area contributed by atoms with E-state index in [1.165, 1.54) is 0 Å². The molecule has 0 saturated heterocycles. The molecule has 3 aromatic rings. The van der Waals surface area contributed by atoms with Crippen LogP contribution in [0.2, 0.25) is 5.02 Å². The molecule has 30 heavy (non-hydrogen) atoms. The highest BCUT2D eigenvalue weighted by Gasteiger charge is 2.20. The molecule has 7 heteroatoms. The number of benzene rings is 2. The van der Waals surface area contributed by atoms with Crippen molar-refractivity contribution in [3.05, 3.63) is 53.1 Å². The molecule has 2 aromatic carbocycles. The molecular weight excluding hydrogens is 404 g/mol. The van der Waals surface area contributed by atoms with Crippen molar-refractivity contribution in [3.63, 3.8) is 0 Å². The van der Waals surface area contributed by atoms with Crippen LogP contribution in [0.5, 0.6) is 11.5 Å². The Hall–Kier alpha value is -2.83. The largest absolute Gasteiger partial charge is 0.454 e. The van der Waals surface area contributed by atoms with Gasteiger partial charge in [-0.3, -0.25) is 4.79 Å². The molecule has 0 fully saturated rings. The predicted molar refractivity (Wildman–Crippen MR) is 116 cm³/mol. The van der Waals surface area contributed by atoms with Crippen molar-refractivity contribution in [1.29, 1.82) is 0 Å².